The SMILES string of the molecule is NCC1(N2CCn3ccnc3C2)CCCCCC1. The van der Waals surface area contributed by atoms with Gasteiger partial charge in [-0.2, -0.15) is 0 Å². The van der Waals surface area contributed by atoms with Crippen molar-refractivity contribution in [3.8, 4) is 0 Å². The minimum Gasteiger partial charge on any atom is -0.333 e. The zero-order valence-electron chi connectivity index (χ0n) is 11.1. The van der Waals surface area contributed by atoms with E-state index in [1.165, 1.54) is 44.3 Å². The highest BCUT2D eigenvalue weighted by molar-refractivity contribution is 5.01. The summed E-state index contributed by atoms with van der Waals surface area (Å²) in [5.74, 6) is 1.21. The highest BCUT2D eigenvalue weighted by Gasteiger charge is 2.37. The summed E-state index contributed by atoms with van der Waals surface area (Å²) in [5, 5.41) is 0. The maximum atomic E-state index is 6.16. The fourth-order valence-corrected chi connectivity index (χ4v) is 3.61. The molecule has 3 rings (SSSR count). The molecular formula is C14H24N4. The molecule has 0 saturated heterocycles. The van der Waals surface area contributed by atoms with Crippen molar-refractivity contribution in [2.45, 2.75) is 57.2 Å². The first-order chi connectivity index (χ1) is 8.84. The minimum atomic E-state index is 0.244. The fraction of sp³-hybridized carbons (Fsp3) is 0.786. The third-order valence-electron chi connectivity index (χ3n) is 4.83. The summed E-state index contributed by atoms with van der Waals surface area (Å²) in [5.41, 5.74) is 6.41. The van der Waals surface area contributed by atoms with E-state index < -0.39 is 0 Å². The lowest BCUT2D eigenvalue weighted by Gasteiger charge is -2.45. The summed E-state index contributed by atoms with van der Waals surface area (Å²) in [4.78, 5) is 7.08. The van der Waals surface area contributed by atoms with Crippen LogP contribution in [0.1, 0.15) is 44.3 Å². The van der Waals surface area contributed by atoms with E-state index in [1.807, 2.05) is 6.20 Å². The van der Waals surface area contributed by atoms with Gasteiger partial charge in [-0.05, 0) is 12.8 Å². The Morgan fingerprint density at radius 2 is 1.94 bits per heavy atom. The second-order valence-corrected chi connectivity index (χ2v) is 5.80. The third-order valence-corrected chi connectivity index (χ3v) is 4.83. The molecule has 18 heavy (non-hydrogen) atoms. The molecule has 2 aliphatic rings. The van der Waals surface area contributed by atoms with Crippen molar-refractivity contribution in [2.75, 3.05) is 13.1 Å². The van der Waals surface area contributed by atoms with Gasteiger partial charge < -0.3 is 10.3 Å². The van der Waals surface area contributed by atoms with Gasteiger partial charge in [-0.3, -0.25) is 4.90 Å². The first kappa shape index (κ1) is 12.2. The number of fused-ring (bicyclic) bond motifs is 1. The van der Waals surface area contributed by atoms with Crippen LogP contribution in [0.15, 0.2) is 12.4 Å². The largest absolute Gasteiger partial charge is 0.333 e. The van der Waals surface area contributed by atoms with Crippen molar-refractivity contribution < 1.29 is 0 Å². The van der Waals surface area contributed by atoms with Crippen molar-refractivity contribution in [3.05, 3.63) is 18.2 Å². The predicted molar refractivity (Wildman–Crippen MR) is 72.1 cm³/mol. The molecule has 1 aromatic heterocycles. The van der Waals surface area contributed by atoms with Crippen molar-refractivity contribution in [2.24, 2.45) is 5.73 Å². The number of nitrogens with two attached hydrogens (primary N) is 1. The van der Waals surface area contributed by atoms with Crippen LogP contribution < -0.4 is 5.73 Å². The summed E-state index contributed by atoms with van der Waals surface area (Å²) < 4.78 is 2.28. The lowest BCUT2D eigenvalue weighted by molar-refractivity contribution is 0.0497. The van der Waals surface area contributed by atoms with Crippen LogP contribution in [0.2, 0.25) is 0 Å². The van der Waals surface area contributed by atoms with E-state index in [1.54, 1.807) is 0 Å². The molecule has 0 radical (unpaired) electrons. The van der Waals surface area contributed by atoms with Crippen LogP contribution in [-0.2, 0) is 13.1 Å². The number of rotatable bonds is 2. The molecule has 100 valence electrons. The van der Waals surface area contributed by atoms with E-state index in [-0.39, 0.29) is 5.54 Å². The maximum absolute atomic E-state index is 6.16. The van der Waals surface area contributed by atoms with Gasteiger partial charge in [0.15, 0.2) is 0 Å². The Balaban J connectivity index is 1.80. The van der Waals surface area contributed by atoms with Gasteiger partial charge in [-0.1, -0.05) is 25.7 Å². The monoisotopic (exact) mass is 248 g/mol. The molecular weight excluding hydrogens is 224 g/mol. The lowest BCUT2D eigenvalue weighted by atomic mass is 9.87. The van der Waals surface area contributed by atoms with Gasteiger partial charge in [-0.15, -0.1) is 0 Å². The molecule has 2 N–H and O–H groups in total. The van der Waals surface area contributed by atoms with E-state index in [0.29, 0.717) is 0 Å². The number of hydrogen-bond donors (Lipinski definition) is 1. The quantitative estimate of drug-likeness (QED) is 0.811. The van der Waals surface area contributed by atoms with Crippen LogP contribution in [0.25, 0.3) is 0 Å². The van der Waals surface area contributed by atoms with E-state index in [4.69, 9.17) is 5.73 Å². The number of imidazole rings is 1. The molecule has 0 atom stereocenters. The minimum absolute atomic E-state index is 0.244. The Hall–Kier alpha value is -0.870. The standard InChI is InChI=1S/C14H24N4/c15-12-14(5-3-1-2-4-6-14)18-10-9-17-8-7-16-13(17)11-18/h7-8H,1-6,9-12,15H2. The van der Waals surface area contributed by atoms with Gasteiger partial charge in [0, 0.05) is 37.6 Å². The Morgan fingerprint density at radius 3 is 2.67 bits per heavy atom. The Kier molecular flexibility index (Phi) is 3.39. The molecule has 4 heteroatoms. The number of aromatic nitrogens is 2. The van der Waals surface area contributed by atoms with Gasteiger partial charge in [-0.25, -0.2) is 4.98 Å². The lowest BCUT2D eigenvalue weighted by Crippen LogP contribution is -2.55. The predicted octanol–water partition coefficient (Wildman–Crippen LogP) is 1.75. The normalized spacial score (nSPS) is 24.5. The van der Waals surface area contributed by atoms with Crippen LogP contribution in [0.5, 0.6) is 0 Å². The van der Waals surface area contributed by atoms with E-state index in [0.717, 1.165) is 26.2 Å². The third kappa shape index (κ3) is 2.08. The van der Waals surface area contributed by atoms with Crippen LogP contribution in [0, 0.1) is 0 Å². The second-order valence-electron chi connectivity index (χ2n) is 5.80. The van der Waals surface area contributed by atoms with Gasteiger partial charge in [0.05, 0.1) is 6.54 Å². The molecule has 2 heterocycles. The summed E-state index contributed by atoms with van der Waals surface area (Å²) in [7, 11) is 0. The molecule has 1 fully saturated rings. The first-order valence-corrected chi connectivity index (χ1v) is 7.29. The molecule has 1 aliphatic carbocycles. The van der Waals surface area contributed by atoms with Gasteiger partial charge in [0.2, 0.25) is 0 Å². The maximum Gasteiger partial charge on any atom is 0.122 e. The van der Waals surface area contributed by atoms with Crippen LogP contribution in [0.4, 0.5) is 0 Å². The molecule has 0 amide bonds. The molecule has 1 aliphatic heterocycles. The highest BCUT2D eigenvalue weighted by atomic mass is 15.3. The number of nitrogens with zero attached hydrogens (tertiary/aromatic N) is 3. The Morgan fingerprint density at radius 1 is 1.17 bits per heavy atom. The van der Waals surface area contributed by atoms with E-state index in [2.05, 4.69) is 20.6 Å². The Labute approximate surface area is 109 Å². The van der Waals surface area contributed by atoms with Crippen molar-refractivity contribution in [1.29, 1.82) is 0 Å². The fourth-order valence-electron chi connectivity index (χ4n) is 3.61. The van der Waals surface area contributed by atoms with Crippen molar-refractivity contribution >= 4 is 0 Å². The first-order valence-electron chi connectivity index (χ1n) is 7.29. The molecule has 1 aromatic rings. The summed E-state index contributed by atoms with van der Waals surface area (Å²) in [6.45, 7) is 3.97. The molecule has 0 unspecified atom stereocenters. The molecule has 1 saturated carbocycles. The van der Waals surface area contributed by atoms with Crippen molar-refractivity contribution in [1.82, 2.24) is 14.5 Å². The zero-order valence-corrected chi connectivity index (χ0v) is 11.1. The van der Waals surface area contributed by atoms with Crippen LogP contribution in [0.3, 0.4) is 0 Å². The Bertz CT molecular complexity index is 390. The van der Waals surface area contributed by atoms with Crippen LogP contribution >= 0.6 is 0 Å². The zero-order chi connectivity index (χ0) is 12.4. The summed E-state index contributed by atoms with van der Waals surface area (Å²) in [6, 6.07) is 0. The average Bonchev–Trinajstić information content (AvgIpc) is 2.74. The van der Waals surface area contributed by atoms with E-state index >= 15 is 0 Å². The van der Waals surface area contributed by atoms with Crippen LogP contribution in [-0.4, -0.2) is 33.1 Å². The van der Waals surface area contributed by atoms with Gasteiger partial charge in [0.1, 0.15) is 5.82 Å². The summed E-state index contributed by atoms with van der Waals surface area (Å²) in [6.07, 6.45) is 12.0. The second kappa shape index (κ2) is 5.02. The number of hydrogen-bond acceptors (Lipinski definition) is 3. The molecule has 0 spiro atoms. The molecule has 0 aromatic carbocycles. The molecule has 0 bridgehead atoms. The summed E-state index contributed by atoms with van der Waals surface area (Å²) >= 11 is 0. The highest BCUT2D eigenvalue weighted by Crippen LogP contribution is 2.33. The van der Waals surface area contributed by atoms with Gasteiger partial charge in [0.25, 0.3) is 0 Å². The van der Waals surface area contributed by atoms with E-state index in [9.17, 15) is 0 Å². The topological polar surface area (TPSA) is 47.1 Å². The smallest absolute Gasteiger partial charge is 0.122 e. The van der Waals surface area contributed by atoms with Gasteiger partial charge >= 0.3 is 0 Å². The average molecular weight is 248 g/mol. The molecule has 4 nitrogen and oxygen atoms in total. The van der Waals surface area contributed by atoms with Crippen molar-refractivity contribution in [3.63, 3.8) is 0 Å².